The fourth-order valence-corrected chi connectivity index (χ4v) is 5.73. The van der Waals surface area contributed by atoms with E-state index in [1.54, 1.807) is 23.9 Å². The summed E-state index contributed by atoms with van der Waals surface area (Å²) in [5, 5.41) is 17.4. The predicted octanol–water partition coefficient (Wildman–Crippen LogP) is 5.31. The molecular weight excluding hydrogens is 594 g/mol. The lowest BCUT2D eigenvalue weighted by Crippen LogP contribution is -2.47. The van der Waals surface area contributed by atoms with Crippen LogP contribution in [0.25, 0.3) is 11.1 Å². The molecule has 0 aliphatic heterocycles. The maximum atomic E-state index is 13.0. The van der Waals surface area contributed by atoms with Gasteiger partial charge in [0.2, 0.25) is 5.91 Å². The highest BCUT2D eigenvalue weighted by atomic mass is 32.2. The number of fused-ring (bicyclic) bond motifs is 3. The van der Waals surface area contributed by atoms with E-state index in [2.05, 4.69) is 28.1 Å². The Morgan fingerprint density at radius 3 is 2.02 bits per heavy atom. The zero-order chi connectivity index (χ0) is 32.0. The van der Waals surface area contributed by atoms with Crippen molar-refractivity contribution >= 4 is 35.8 Å². The molecule has 0 radical (unpaired) electrons. The number of ether oxygens (including phenoxy) is 2. The Labute approximate surface area is 267 Å². The van der Waals surface area contributed by atoms with E-state index in [-0.39, 0.29) is 38.0 Å². The van der Waals surface area contributed by atoms with E-state index in [1.165, 1.54) is 0 Å². The number of hydrogen-bond donors (Lipinski definition) is 4. The first-order valence-corrected chi connectivity index (χ1v) is 16.3. The van der Waals surface area contributed by atoms with Gasteiger partial charge in [-0.1, -0.05) is 78.9 Å². The summed E-state index contributed by atoms with van der Waals surface area (Å²) < 4.78 is 10.7. The van der Waals surface area contributed by atoms with Crippen LogP contribution in [0.15, 0.2) is 78.9 Å². The molecule has 3 aromatic carbocycles. The van der Waals surface area contributed by atoms with E-state index in [0.717, 1.165) is 27.8 Å². The molecule has 1 aliphatic carbocycles. The zero-order valence-corrected chi connectivity index (χ0v) is 26.0. The topological polar surface area (TPSA) is 143 Å². The van der Waals surface area contributed by atoms with Crippen LogP contribution in [-0.4, -0.2) is 66.4 Å². The number of carbonyl (C=O) groups is 4. The molecule has 0 unspecified atom stereocenters. The van der Waals surface area contributed by atoms with Crippen molar-refractivity contribution in [2.45, 2.75) is 50.3 Å². The molecule has 4 N–H and O–H groups in total. The van der Waals surface area contributed by atoms with Gasteiger partial charge >= 0.3 is 18.2 Å². The van der Waals surface area contributed by atoms with E-state index in [4.69, 9.17) is 9.47 Å². The van der Waals surface area contributed by atoms with Crippen molar-refractivity contribution in [3.8, 4) is 11.1 Å². The van der Waals surface area contributed by atoms with Crippen LogP contribution in [-0.2, 0) is 25.7 Å². The van der Waals surface area contributed by atoms with Gasteiger partial charge in [0.1, 0.15) is 25.3 Å². The summed E-state index contributed by atoms with van der Waals surface area (Å²) in [5.74, 6) is -0.930. The minimum atomic E-state index is -1.17. The maximum absolute atomic E-state index is 13.0. The largest absolute Gasteiger partial charge is 0.480 e. The standard InChI is InChI=1S/C34H39N3O7S/c1-45-20-18-29(36-33(41)44-22-28-26-15-7-5-13-24(26)25-14-6-8-16-27(25)28)31(38)35-19-10-9-17-30(32(39)40)37-34(42)43-21-23-11-3-2-4-12-23/h2-8,11-16,28-30H,9-10,17-22H2,1H3,(H,35,38)(H,36,41)(H,37,42)(H,39,40)/t29-,30-/m0/s1. The summed E-state index contributed by atoms with van der Waals surface area (Å²) in [6.07, 6.45) is 1.96. The van der Waals surface area contributed by atoms with Crippen molar-refractivity contribution in [1.82, 2.24) is 16.0 Å². The first-order valence-electron chi connectivity index (χ1n) is 15.0. The van der Waals surface area contributed by atoms with Gasteiger partial charge in [0.25, 0.3) is 0 Å². The molecule has 0 aromatic heterocycles. The van der Waals surface area contributed by atoms with Gasteiger partial charge in [-0.25, -0.2) is 14.4 Å². The molecule has 0 bridgehead atoms. The molecule has 3 amide bonds. The summed E-state index contributed by atoms with van der Waals surface area (Å²) in [6.45, 7) is 0.466. The van der Waals surface area contributed by atoms with Gasteiger partial charge in [-0.3, -0.25) is 4.79 Å². The van der Waals surface area contributed by atoms with Crippen molar-refractivity contribution in [3.05, 3.63) is 95.6 Å². The van der Waals surface area contributed by atoms with E-state index >= 15 is 0 Å². The Morgan fingerprint density at radius 1 is 0.778 bits per heavy atom. The second-order valence-corrected chi connectivity index (χ2v) is 11.7. The number of thioether (sulfide) groups is 1. The molecular formula is C34H39N3O7S. The zero-order valence-electron chi connectivity index (χ0n) is 25.2. The van der Waals surface area contributed by atoms with Crippen LogP contribution in [0.1, 0.15) is 48.3 Å². The Bertz CT molecular complexity index is 1410. The summed E-state index contributed by atoms with van der Waals surface area (Å²) in [7, 11) is 0. The fraction of sp³-hybridized carbons (Fsp3) is 0.353. The minimum absolute atomic E-state index is 0.0345. The highest BCUT2D eigenvalue weighted by Gasteiger charge is 2.30. The highest BCUT2D eigenvalue weighted by Crippen LogP contribution is 2.44. The van der Waals surface area contributed by atoms with Gasteiger partial charge in [0.05, 0.1) is 0 Å². The van der Waals surface area contributed by atoms with Crippen LogP contribution in [0.3, 0.4) is 0 Å². The Kier molecular flexibility index (Phi) is 12.7. The molecule has 1 aliphatic rings. The van der Waals surface area contributed by atoms with Crippen molar-refractivity contribution in [2.75, 3.05) is 25.2 Å². The Morgan fingerprint density at radius 2 is 1.38 bits per heavy atom. The number of carboxylic acid groups (broad SMARTS) is 1. The van der Waals surface area contributed by atoms with Crippen LogP contribution >= 0.6 is 11.8 Å². The summed E-state index contributed by atoms with van der Waals surface area (Å²) in [4.78, 5) is 49.5. The highest BCUT2D eigenvalue weighted by molar-refractivity contribution is 7.98. The van der Waals surface area contributed by atoms with Gasteiger partial charge < -0.3 is 30.5 Å². The van der Waals surface area contributed by atoms with Gasteiger partial charge in [-0.15, -0.1) is 0 Å². The molecule has 11 heteroatoms. The third kappa shape index (κ3) is 9.74. The second kappa shape index (κ2) is 17.1. The van der Waals surface area contributed by atoms with Crippen LogP contribution < -0.4 is 16.0 Å². The molecule has 4 rings (SSSR count). The van der Waals surface area contributed by atoms with Crippen LogP contribution in [0.2, 0.25) is 0 Å². The van der Waals surface area contributed by atoms with E-state index in [9.17, 15) is 24.3 Å². The lowest BCUT2D eigenvalue weighted by Gasteiger charge is -2.20. The van der Waals surface area contributed by atoms with Crippen LogP contribution in [0.4, 0.5) is 9.59 Å². The van der Waals surface area contributed by atoms with Crippen molar-refractivity contribution < 1.29 is 33.8 Å². The molecule has 0 saturated carbocycles. The van der Waals surface area contributed by atoms with Crippen LogP contribution in [0, 0.1) is 0 Å². The smallest absolute Gasteiger partial charge is 0.408 e. The van der Waals surface area contributed by atoms with E-state index in [1.807, 2.05) is 60.9 Å². The quantitative estimate of drug-likeness (QED) is 0.155. The first kappa shape index (κ1) is 33.4. The van der Waals surface area contributed by atoms with E-state index in [0.29, 0.717) is 25.0 Å². The lowest BCUT2D eigenvalue weighted by molar-refractivity contribution is -0.139. The first-order chi connectivity index (χ1) is 21.9. The molecule has 3 aromatic rings. The predicted molar refractivity (Wildman–Crippen MR) is 173 cm³/mol. The third-order valence-electron chi connectivity index (χ3n) is 7.58. The molecule has 2 atom stereocenters. The molecule has 0 fully saturated rings. The number of benzene rings is 3. The minimum Gasteiger partial charge on any atom is -0.480 e. The molecule has 0 heterocycles. The van der Waals surface area contributed by atoms with Crippen molar-refractivity contribution in [3.63, 3.8) is 0 Å². The van der Waals surface area contributed by atoms with Gasteiger partial charge in [0.15, 0.2) is 0 Å². The number of nitrogens with one attached hydrogen (secondary N) is 3. The number of unbranched alkanes of at least 4 members (excludes halogenated alkanes) is 1. The molecule has 0 saturated heterocycles. The fourth-order valence-electron chi connectivity index (χ4n) is 5.26. The Balaban J connectivity index is 1.20. The number of carbonyl (C=O) groups excluding carboxylic acids is 3. The molecule has 238 valence electrons. The van der Waals surface area contributed by atoms with Crippen LogP contribution in [0.5, 0.6) is 0 Å². The monoisotopic (exact) mass is 633 g/mol. The van der Waals surface area contributed by atoms with Crippen molar-refractivity contribution in [2.24, 2.45) is 0 Å². The number of hydrogen-bond acceptors (Lipinski definition) is 7. The number of carboxylic acids is 1. The maximum Gasteiger partial charge on any atom is 0.408 e. The molecule has 45 heavy (non-hydrogen) atoms. The second-order valence-electron chi connectivity index (χ2n) is 10.7. The average Bonchev–Trinajstić information content (AvgIpc) is 3.37. The normalized spacial score (nSPS) is 13.1. The summed E-state index contributed by atoms with van der Waals surface area (Å²) in [6, 6.07) is 23.3. The number of alkyl carbamates (subject to hydrolysis) is 2. The third-order valence-corrected chi connectivity index (χ3v) is 8.23. The van der Waals surface area contributed by atoms with Gasteiger partial charge in [0, 0.05) is 12.5 Å². The number of rotatable bonds is 16. The average molecular weight is 634 g/mol. The lowest BCUT2D eigenvalue weighted by atomic mass is 9.98. The van der Waals surface area contributed by atoms with E-state index < -0.39 is 30.2 Å². The Hall–Kier alpha value is -4.51. The van der Waals surface area contributed by atoms with Gasteiger partial charge in [-0.2, -0.15) is 11.8 Å². The summed E-state index contributed by atoms with van der Waals surface area (Å²) >= 11 is 1.57. The molecule has 10 nitrogen and oxygen atoms in total. The summed E-state index contributed by atoms with van der Waals surface area (Å²) in [5.41, 5.74) is 5.26. The number of aliphatic carboxylic acids is 1. The van der Waals surface area contributed by atoms with Crippen molar-refractivity contribution in [1.29, 1.82) is 0 Å². The molecule has 0 spiro atoms. The number of amides is 3. The SMILES string of the molecule is CSCC[C@H](NC(=O)OCC1c2ccccc2-c2ccccc21)C(=O)NCCCC[C@H](NC(=O)OCc1ccccc1)C(=O)O. The van der Waals surface area contributed by atoms with Gasteiger partial charge in [-0.05, 0) is 65.5 Å².